The van der Waals surface area contributed by atoms with E-state index in [4.69, 9.17) is 32.7 Å². The van der Waals surface area contributed by atoms with Crippen molar-refractivity contribution in [1.29, 1.82) is 0 Å². The largest absolute Gasteiger partial charge is 0.465 e. The summed E-state index contributed by atoms with van der Waals surface area (Å²) in [4.78, 5) is 27.7. The molecule has 4 rings (SSSR count). The van der Waals surface area contributed by atoms with Crippen molar-refractivity contribution >= 4 is 41.2 Å². The Hall–Kier alpha value is -2.54. The van der Waals surface area contributed by atoms with Crippen LogP contribution in [0.3, 0.4) is 0 Å². The molecule has 33 heavy (non-hydrogen) atoms. The van der Waals surface area contributed by atoms with Gasteiger partial charge in [-0.15, -0.1) is 0 Å². The number of carbonyl (C=O) groups excluding carboxylic acids is 2. The number of benzene rings is 1. The van der Waals surface area contributed by atoms with Gasteiger partial charge in [0.25, 0.3) is 5.91 Å². The molecule has 1 aromatic carbocycles. The topological polar surface area (TPSA) is 60.8 Å². The molecule has 0 spiro atoms. The summed E-state index contributed by atoms with van der Waals surface area (Å²) < 4.78 is 12.8. The fourth-order valence-corrected chi connectivity index (χ4v) is 4.84. The van der Waals surface area contributed by atoms with Crippen molar-refractivity contribution in [3.63, 3.8) is 0 Å². The number of allylic oxidation sites excluding steroid dienone is 1. The van der Waals surface area contributed by atoms with Gasteiger partial charge in [-0.3, -0.25) is 4.79 Å². The Labute approximate surface area is 203 Å². The zero-order chi connectivity index (χ0) is 23.9. The average molecular weight is 489 g/mol. The number of ether oxygens (including phenoxy) is 2. The van der Waals surface area contributed by atoms with Gasteiger partial charge in [-0.05, 0) is 69.5 Å². The number of amides is 1. The van der Waals surface area contributed by atoms with Crippen molar-refractivity contribution in [2.45, 2.75) is 39.7 Å². The normalized spacial score (nSPS) is 19.8. The van der Waals surface area contributed by atoms with E-state index in [1.54, 1.807) is 30.0 Å². The van der Waals surface area contributed by atoms with E-state index < -0.39 is 5.97 Å². The zero-order valence-corrected chi connectivity index (χ0v) is 20.6. The Kier molecular flexibility index (Phi) is 6.71. The lowest BCUT2D eigenvalue weighted by atomic mass is 10.0. The Balaban J connectivity index is 1.76. The van der Waals surface area contributed by atoms with E-state index in [0.717, 1.165) is 35.5 Å². The van der Waals surface area contributed by atoms with Crippen LogP contribution in [-0.4, -0.2) is 47.7 Å². The molecule has 1 aromatic heterocycles. The standard InChI is InChI=1S/C25H26Cl2N2O4/c1-14-10-17(15(2)29(14)18-7-8-21(26)22(27)12-18)11-20-23(25(31)32-4)16(3)28(24(20)30)13-19-6-5-9-33-19/h7-8,10-12,19H,5-6,9,13H2,1-4H3/b20-11-/t19-/m0/s1. The molecule has 0 radical (unpaired) electrons. The Morgan fingerprint density at radius 3 is 2.61 bits per heavy atom. The molecule has 3 heterocycles. The van der Waals surface area contributed by atoms with Crippen LogP contribution in [0.25, 0.3) is 11.8 Å². The van der Waals surface area contributed by atoms with Gasteiger partial charge in [-0.25, -0.2) is 4.79 Å². The molecule has 2 aliphatic heterocycles. The number of carbonyl (C=O) groups is 2. The third-order valence-corrected chi connectivity index (χ3v) is 6.98. The molecular formula is C25H26Cl2N2O4. The lowest BCUT2D eigenvalue weighted by molar-refractivity contribution is -0.136. The first-order valence-corrected chi connectivity index (χ1v) is 11.6. The fourth-order valence-electron chi connectivity index (χ4n) is 4.55. The maximum atomic E-state index is 13.4. The van der Waals surface area contributed by atoms with Crippen LogP contribution in [0, 0.1) is 13.8 Å². The van der Waals surface area contributed by atoms with E-state index >= 15 is 0 Å². The summed E-state index contributed by atoms with van der Waals surface area (Å²) in [6.07, 6.45) is 3.61. The Morgan fingerprint density at radius 2 is 1.97 bits per heavy atom. The summed E-state index contributed by atoms with van der Waals surface area (Å²) in [5.41, 5.74) is 4.76. The molecule has 1 fully saturated rings. The zero-order valence-electron chi connectivity index (χ0n) is 19.1. The molecule has 1 amide bonds. The molecule has 0 N–H and O–H groups in total. The van der Waals surface area contributed by atoms with Crippen LogP contribution in [0.1, 0.15) is 36.7 Å². The van der Waals surface area contributed by atoms with E-state index in [9.17, 15) is 9.59 Å². The lowest BCUT2D eigenvalue weighted by Gasteiger charge is -2.21. The average Bonchev–Trinajstić information content (AvgIpc) is 3.45. The van der Waals surface area contributed by atoms with Gasteiger partial charge in [0.05, 0.1) is 40.9 Å². The van der Waals surface area contributed by atoms with Crippen molar-refractivity contribution in [1.82, 2.24) is 9.47 Å². The quantitative estimate of drug-likeness (QED) is 0.425. The molecule has 0 saturated carbocycles. The second kappa shape index (κ2) is 9.37. The molecule has 1 saturated heterocycles. The molecule has 0 unspecified atom stereocenters. The van der Waals surface area contributed by atoms with Gasteiger partial charge in [0.15, 0.2) is 0 Å². The number of methoxy groups -OCH3 is 1. The third kappa shape index (κ3) is 4.35. The molecule has 8 heteroatoms. The van der Waals surface area contributed by atoms with Crippen LogP contribution in [0.15, 0.2) is 41.1 Å². The third-order valence-electron chi connectivity index (χ3n) is 6.24. The van der Waals surface area contributed by atoms with Gasteiger partial charge >= 0.3 is 5.97 Å². The fraction of sp³-hybridized carbons (Fsp3) is 0.360. The molecule has 1 atom stereocenters. The van der Waals surface area contributed by atoms with Crippen LogP contribution in [0.4, 0.5) is 0 Å². The number of halogens is 2. The Morgan fingerprint density at radius 1 is 1.21 bits per heavy atom. The number of hydrogen-bond acceptors (Lipinski definition) is 4. The van der Waals surface area contributed by atoms with Crippen LogP contribution in [0.5, 0.6) is 0 Å². The molecular weight excluding hydrogens is 463 g/mol. The smallest absolute Gasteiger partial charge is 0.340 e. The van der Waals surface area contributed by atoms with Crippen LogP contribution < -0.4 is 0 Å². The van der Waals surface area contributed by atoms with E-state index in [2.05, 4.69) is 0 Å². The maximum Gasteiger partial charge on any atom is 0.340 e. The maximum absolute atomic E-state index is 13.4. The second-order valence-corrected chi connectivity index (χ2v) is 9.14. The first kappa shape index (κ1) is 23.6. The molecule has 0 bridgehead atoms. The van der Waals surface area contributed by atoms with Crippen LogP contribution in [0.2, 0.25) is 10.0 Å². The van der Waals surface area contributed by atoms with Gasteiger partial charge in [-0.2, -0.15) is 0 Å². The van der Waals surface area contributed by atoms with Crippen molar-refractivity contribution in [2.24, 2.45) is 0 Å². The van der Waals surface area contributed by atoms with Crippen molar-refractivity contribution in [3.05, 3.63) is 68.1 Å². The number of esters is 1. The van der Waals surface area contributed by atoms with Crippen molar-refractivity contribution < 1.29 is 19.1 Å². The minimum absolute atomic E-state index is 0.0261. The summed E-state index contributed by atoms with van der Waals surface area (Å²) in [7, 11) is 1.32. The molecule has 2 aliphatic rings. The molecule has 6 nitrogen and oxygen atoms in total. The first-order valence-electron chi connectivity index (χ1n) is 10.8. The summed E-state index contributed by atoms with van der Waals surface area (Å²) in [5, 5.41) is 0.945. The van der Waals surface area contributed by atoms with Gasteiger partial charge in [-0.1, -0.05) is 23.2 Å². The minimum Gasteiger partial charge on any atom is -0.465 e. The summed E-state index contributed by atoms with van der Waals surface area (Å²) in [6.45, 7) is 6.83. The molecule has 2 aromatic rings. The van der Waals surface area contributed by atoms with Crippen molar-refractivity contribution in [2.75, 3.05) is 20.3 Å². The predicted octanol–water partition coefficient (Wildman–Crippen LogP) is 5.25. The number of aryl methyl sites for hydroxylation is 1. The number of rotatable bonds is 5. The van der Waals surface area contributed by atoms with E-state index in [1.165, 1.54) is 7.11 Å². The van der Waals surface area contributed by atoms with Gasteiger partial charge in [0.1, 0.15) is 0 Å². The summed E-state index contributed by atoms with van der Waals surface area (Å²) in [5.74, 6) is -0.747. The Bertz CT molecular complexity index is 1190. The van der Waals surface area contributed by atoms with Gasteiger partial charge in [0.2, 0.25) is 0 Å². The highest BCUT2D eigenvalue weighted by atomic mass is 35.5. The monoisotopic (exact) mass is 488 g/mol. The highest BCUT2D eigenvalue weighted by Crippen LogP contribution is 2.34. The molecule has 174 valence electrons. The first-order chi connectivity index (χ1) is 15.7. The van der Waals surface area contributed by atoms with Gasteiger partial charge in [0, 0.05) is 29.4 Å². The highest BCUT2D eigenvalue weighted by Gasteiger charge is 2.38. The SMILES string of the molecule is COC(=O)C1=C(C)N(C[C@@H]2CCCO2)C(=O)/C1=C\c1cc(C)n(-c2ccc(Cl)c(Cl)c2)c1C. The minimum atomic E-state index is -0.528. The second-order valence-electron chi connectivity index (χ2n) is 8.32. The predicted molar refractivity (Wildman–Crippen MR) is 129 cm³/mol. The summed E-state index contributed by atoms with van der Waals surface area (Å²) >= 11 is 12.3. The van der Waals surface area contributed by atoms with Crippen LogP contribution >= 0.6 is 23.2 Å². The van der Waals surface area contributed by atoms with Crippen molar-refractivity contribution in [3.8, 4) is 5.69 Å². The van der Waals surface area contributed by atoms with E-state index in [-0.39, 0.29) is 12.0 Å². The highest BCUT2D eigenvalue weighted by molar-refractivity contribution is 6.42. The lowest BCUT2D eigenvalue weighted by Crippen LogP contribution is -2.33. The van der Waals surface area contributed by atoms with E-state index in [1.807, 2.05) is 30.5 Å². The molecule has 0 aliphatic carbocycles. The summed E-state index contributed by atoms with van der Waals surface area (Å²) in [6, 6.07) is 7.42. The van der Waals surface area contributed by atoms with Gasteiger partial charge < -0.3 is 18.9 Å². The number of nitrogens with zero attached hydrogens (tertiary/aromatic N) is 2. The van der Waals surface area contributed by atoms with E-state index in [0.29, 0.717) is 40.0 Å². The number of aromatic nitrogens is 1. The van der Waals surface area contributed by atoms with Crippen LogP contribution in [-0.2, 0) is 19.1 Å². The number of hydrogen-bond donors (Lipinski definition) is 0.